The largest absolute Gasteiger partial charge is 0.476 e. The summed E-state index contributed by atoms with van der Waals surface area (Å²) >= 11 is 0. The Morgan fingerprint density at radius 1 is 1.19 bits per heavy atom. The first-order valence-electron chi connectivity index (χ1n) is 6.10. The zero-order valence-electron chi connectivity index (χ0n) is 11.8. The Hall–Kier alpha value is -2.35. The number of carboxylic acid groups (broad SMARTS) is 1. The second-order valence-electron chi connectivity index (χ2n) is 4.81. The van der Waals surface area contributed by atoms with Gasteiger partial charge in [-0.2, -0.15) is 5.10 Å². The van der Waals surface area contributed by atoms with Crippen molar-refractivity contribution in [2.45, 2.75) is 25.7 Å². The Labute approximate surface area is 122 Å². The van der Waals surface area contributed by atoms with Crippen molar-refractivity contribution in [3.8, 4) is 0 Å². The standard InChI is InChI=1S/C13H15N3O4S/c1-7-4-8(2)6-10(5-7)16-21(19,20)12-9(3)14-15-11(12)13(17)18/h4-6,16H,1-3H3,(H,14,15)(H,17,18). The Kier molecular flexibility index (Phi) is 3.73. The van der Waals surface area contributed by atoms with E-state index in [9.17, 15) is 13.2 Å². The van der Waals surface area contributed by atoms with E-state index in [1.807, 2.05) is 19.9 Å². The maximum Gasteiger partial charge on any atom is 0.357 e. The number of hydrogen-bond acceptors (Lipinski definition) is 4. The average molecular weight is 309 g/mol. The zero-order chi connectivity index (χ0) is 15.8. The number of nitrogens with one attached hydrogen (secondary N) is 2. The van der Waals surface area contributed by atoms with Gasteiger partial charge in [0.25, 0.3) is 10.0 Å². The first-order valence-corrected chi connectivity index (χ1v) is 7.58. The van der Waals surface area contributed by atoms with Gasteiger partial charge in [0.05, 0.1) is 5.69 Å². The Balaban J connectivity index is 2.48. The molecule has 0 amide bonds. The van der Waals surface area contributed by atoms with Crippen LogP contribution in [0, 0.1) is 20.8 Å². The molecule has 0 radical (unpaired) electrons. The minimum Gasteiger partial charge on any atom is -0.476 e. The molecule has 0 fully saturated rings. The number of H-pyrrole nitrogens is 1. The number of hydrogen-bond donors (Lipinski definition) is 3. The number of rotatable bonds is 4. The summed E-state index contributed by atoms with van der Waals surface area (Å²) in [6, 6.07) is 5.24. The molecule has 112 valence electrons. The molecule has 0 saturated carbocycles. The van der Waals surface area contributed by atoms with Crippen LogP contribution < -0.4 is 4.72 Å². The predicted molar refractivity (Wildman–Crippen MR) is 77.0 cm³/mol. The zero-order valence-corrected chi connectivity index (χ0v) is 12.6. The van der Waals surface area contributed by atoms with E-state index in [-0.39, 0.29) is 10.6 Å². The van der Waals surface area contributed by atoms with Gasteiger partial charge >= 0.3 is 5.97 Å². The molecule has 2 aromatic rings. The molecule has 0 aliphatic heterocycles. The van der Waals surface area contributed by atoms with E-state index in [4.69, 9.17) is 5.11 Å². The predicted octanol–water partition coefficient (Wildman–Crippen LogP) is 1.83. The molecule has 0 aliphatic carbocycles. The number of benzene rings is 1. The van der Waals surface area contributed by atoms with Crippen molar-refractivity contribution in [2.75, 3.05) is 4.72 Å². The monoisotopic (exact) mass is 309 g/mol. The van der Waals surface area contributed by atoms with E-state index in [0.29, 0.717) is 5.69 Å². The van der Waals surface area contributed by atoms with Crippen LogP contribution in [0.25, 0.3) is 0 Å². The molecule has 7 nitrogen and oxygen atoms in total. The van der Waals surface area contributed by atoms with E-state index in [2.05, 4.69) is 14.9 Å². The Morgan fingerprint density at radius 2 is 1.76 bits per heavy atom. The molecule has 0 bridgehead atoms. The van der Waals surface area contributed by atoms with E-state index in [1.54, 1.807) is 12.1 Å². The summed E-state index contributed by atoms with van der Waals surface area (Å²) in [6.45, 7) is 5.14. The summed E-state index contributed by atoms with van der Waals surface area (Å²) < 4.78 is 27.2. The molecule has 1 heterocycles. The Morgan fingerprint density at radius 3 is 2.29 bits per heavy atom. The van der Waals surface area contributed by atoms with Crippen LogP contribution in [0.4, 0.5) is 5.69 Å². The van der Waals surface area contributed by atoms with Gasteiger partial charge < -0.3 is 5.11 Å². The van der Waals surface area contributed by atoms with Crippen molar-refractivity contribution < 1.29 is 18.3 Å². The highest BCUT2D eigenvalue weighted by molar-refractivity contribution is 7.92. The lowest BCUT2D eigenvalue weighted by Gasteiger charge is -2.10. The molecule has 0 atom stereocenters. The second kappa shape index (κ2) is 5.21. The quantitative estimate of drug-likeness (QED) is 0.797. The molecule has 0 aliphatic rings. The highest BCUT2D eigenvalue weighted by Crippen LogP contribution is 2.22. The van der Waals surface area contributed by atoms with Crippen molar-refractivity contribution in [3.05, 3.63) is 40.7 Å². The third-order valence-corrected chi connectivity index (χ3v) is 4.38. The molecule has 0 unspecified atom stereocenters. The molecule has 0 spiro atoms. The van der Waals surface area contributed by atoms with E-state index in [0.717, 1.165) is 11.1 Å². The number of carbonyl (C=O) groups is 1. The van der Waals surface area contributed by atoms with Gasteiger partial charge in [-0.3, -0.25) is 9.82 Å². The highest BCUT2D eigenvalue weighted by atomic mass is 32.2. The molecule has 21 heavy (non-hydrogen) atoms. The topological polar surface area (TPSA) is 112 Å². The van der Waals surface area contributed by atoms with Crippen LogP contribution >= 0.6 is 0 Å². The maximum absolute atomic E-state index is 12.4. The molecule has 8 heteroatoms. The summed E-state index contributed by atoms with van der Waals surface area (Å²) in [7, 11) is -4.03. The van der Waals surface area contributed by atoms with Crippen molar-refractivity contribution in [1.29, 1.82) is 0 Å². The third-order valence-electron chi connectivity index (χ3n) is 2.84. The number of aromatic carboxylic acids is 1. The molecular formula is C13H15N3O4S. The maximum atomic E-state index is 12.4. The molecule has 2 rings (SSSR count). The van der Waals surface area contributed by atoms with Gasteiger partial charge in [0.1, 0.15) is 4.90 Å². The van der Waals surface area contributed by atoms with Gasteiger partial charge in [0.15, 0.2) is 5.69 Å². The van der Waals surface area contributed by atoms with Crippen LogP contribution in [-0.2, 0) is 10.0 Å². The fraction of sp³-hybridized carbons (Fsp3) is 0.231. The van der Waals surface area contributed by atoms with Crippen LogP contribution in [0.2, 0.25) is 0 Å². The number of aromatic nitrogens is 2. The van der Waals surface area contributed by atoms with Gasteiger partial charge in [-0.25, -0.2) is 13.2 Å². The number of sulfonamides is 1. The van der Waals surface area contributed by atoms with Gasteiger partial charge in [0.2, 0.25) is 0 Å². The lowest BCUT2D eigenvalue weighted by atomic mass is 10.1. The minimum absolute atomic E-state index is 0.171. The van der Waals surface area contributed by atoms with E-state index in [1.165, 1.54) is 6.92 Å². The van der Waals surface area contributed by atoms with Crippen molar-refractivity contribution >= 4 is 21.7 Å². The Bertz CT molecular complexity index is 789. The summed E-state index contributed by atoms with van der Waals surface area (Å²) in [5.74, 6) is -1.40. The second-order valence-corrected chi connectivity index (χ2v) is 6.43. The third kappa shape index (κ3) is 3.05. The number of aromatic amines is 1. The normalized spacial score (nSPS) is 11.4. The number of carboxylic acids is 1. The summed E-state index contributed by atoms with van der Waals surface area (Å²) in [6.07, 6.45) is 0. The lowest BCUT2D eigenvalue weighted by molar-refractivity contribution is 0.0686. The van der Waals surface area contributed by atoms with Crippen molar-refractivity contribution in [2.24, 2.45) is 0 Å². The summed E-state index contributed by atoms with van der Waals surface area (Å²) in [4.78, 5) is 10.7. The van der Waals surface area contributed by atoms with Crippen LogP contribution in [0.5, 0.6) is 0 Å². The first-order chi connectivity index (χ1) is 9.70. The number of nitrogens with zero attached hydrogens (tertiary/aromatic N) is 1. The van der Waals surface area contributed by atoms with Crippen molar-refractivity contribution in [3.63, 3.8) is 0 Å². The molecule has 1 aromatic carbocycles. The van der Waals surface area contributed by atoms with E-state index >= 15 is 0 Å². The number of aryl methyl sites for hydroxylation is 3. The molecular weight excluding hydrogens is 294 g/mol. The molecule has 3 N–H and O–H groups in total. The lowest BCUT2D eigenvalue weighted by Crippen LogP contribution is -2.17. The van der Waals surface area contributed by atoms with Gasteiger partial charge in [-0.05, 0) is 44.0 Å². The molecule has 0 saturated heterocycles. The van der Waals surface area contributed by atoms with Gasteiger partial charge in [-0.15, -0.1) is 0 Å². The van der Waals surface area contributed by atoms with Gasteiger partial charge in [0, 0.05) is 5.69 Å². The minimum atomic E-state index is -4.03. The fourth-order valence-electron chi connectivity index (χ4n) is 2.13. The summed E-state index contributed by atoms with van der Waals surface area (Å²) in [5, 5.41) is 14.9. The van der Waals surface area contributed by atoms with Gasteiger partial charge in [-0.1, -0.05) is 6.07 Å². The average Bonchev–Trinajstić information content (AvgIpc) is 2.69. The molecule has 1 aromatic heterocycles. The van der Waals surface area contributed by atoms with Crippen LogP contribution in [0.1, 0.15) is 27.3 Å². The van der Waals surface area contributed by atoms with Crippen molar-refractivity contribution in [1.82, 2.24) is 10.2 Å². The number of anilines is 1. The SMILES string of the molecule is Cc1cc(C)cc(NS(=O)(=O)c2c(C(=O)O)n[nH]c2C)c1. The summed E-state index contributed by atoms with van der Waals surface area (Å²) in [5.41, 5.74) is 1.82. The van der Waals surface area contributed by atoms with Crippen LogP contribution in [-0.4, -0.2) is 29.7 Å². The first kappa shape index (κ1) is 15.0. The highest BCUT2D eigenvalue weighted by Gasteiger charge is 2.28. The fourth-order valence-corrected chi connectivity index (χ4v) is 3.50. The smallest absolute Gasteiger partial charge is 0.357 e. The van der Waals surface area contributed by atoms with Crippen LogP contribution in [0.15, 0.2) is 23.1 Å². The van der Waals surface area contributed by atoms with Crippen LogP contribution in [0.3, 0.4) is 0 Å². The van der Waals surface area contributed by atoms with E-state index < -0.39 is 21.7 Å².